The molecule has 140 valence electrons. The molecular weight excluding hydrogens is 398 g/mol. The average Bonchev–Trinajstić information content (AvgIpc) is 2.95. The lowest BCUT2D eigenvalue weighted by Crippen LogP contribution is -2.56. The van der Waals surface area contributed by atoms with Crippen LogP contribution in [-0.4, -0.2) is 58.1 Å². The summed E-state index contributed by atoms with van der Waals surface area (Å²) in [5.41, 5.74) is 0.971. The van der Waals surface area contributed by atoms with Crippen LogP contribution in [-0.2, 0) is 4.74 Å². The van der Waals surface area contributed by atoms with Gasteiger partial charge >= 0.3 is 6.09 Å². The Kier molecular flexibility index (Phi) is 5.01. The third-order valence-corrected chi connectivity index (χ3v) is 4.85. The van der Waals surface area contributed by atoms with Crippen molar-refractivity contribution in [2.75, 3.05) is 19.6 Å². The zero-order valence-corrected chi connectivity index (χ0v) is 17.1. The number of piperazine rings is 1. The first kappa shape index (κ1) is 18.8. The normalized spacial score (nSPS) is 18.3. The SMILES string of the molecule is C[C@@H]1CN(C(=O)OC(C)(C)C)CCN1C(=O)c1cc2cc(Br)ccc2[nH]1. The maximum atomic E-state index is 12.9. The smallest absolute Gasteiger partial charge is 0.410 e. The van der Waals surface area contributed by atoms with E-state index in [1.165, 1.54) is 0 Å². The van der Waals surface area contributed by atoms with E-state index in [9.17, 15) is 9.59 Å². The van der Waals surface area contributed by atoms with Gasteiger partial charge < -0.3 is 19.5 Å². The molecule has 1 saturated heterocycles. The number of nitrogens with one attached hydrogen (secondary N) is 1. The molecule has 0 unspecified atom stereocenters. The highest BCUT2D eigenvalue weighted by atomic mass is 79.9. The molecule has 3 rings (SSSR count). The van der Waals surface area contributed by atoms with Crippen molar-refractivity contribution in [2.24, 2.45) is 0 Å². The van der Waals surface area contributed by atoms with Gasteiger partial charge in [-0.25, -0.2) is 4.79 Å². The zero-order valence-electron chi connectivity index (χ0n) is 15.5. The van der Waals surface area contributed by atoms with E-state index in [2.05, 4.69) is 20.9 Å². The molecule has 0 bridgehead atoms. The van der Waals surface area contributed by atoms with Crippen LogP contribution in [0.5, 0.6) is 0 Å². The molecular formula is C19H24BrN3O3. The lowest BCUT2D eigenvalue weighted by atomic mass is 10.1. The van der Waals surface area contributed by atoms with Crippen LogP contribution < -0.4 is 0 Å². The molecule has 1 fully saturated rings. The van der Waals surface area contributed by atoms with Gasteiger partial charge in [-0.05, 0) is 52.0 Å². The van der Waals surface area contributed by atoms with E-state index in [0.29, 0.717) is 25.3 Å². The van der Waals surface area contributed by atoms with Crippen molar-refractivity contribution in [3.05, 3.63) is 34.4 Å². The van der Waals surface area contributed by atoms with E-state index >= 15 is 0 Å². The molecule has 1 aliphatic rings. The van der Waals surface area contributed by atoms with Gasteiger partial charge in [-0.2, -0.15) is 0 Å². The minimum absolute atomic E-state index is 0.0475. The summed E-state index contributed by atoms with van der Waals surface area (Å²) in [7, 11) is 0. The highest BCUT2D eigenvalue weighted by molar-refractivity contribution is 9.10. The third-order valence-electron chi connectivity index (χ3n) is 4.35. The van der Waals surface area contributed by atoms with Crippen LogP contribution in [0, 0.1) is 0 Å². The van der Waals surface area contributed by atoms with Crippen molar-refractivity contribution in [1.82, 2.24) is 14.8 Å². The van der Waals surface area contributed by atoms with Gasteiger partial charge in [0.1, 0.15) is 11.3 Å². The van der Waals surface area contributed by atoms with Crippen LogP contribution in [0.3, 0.4) is 0 Å². The van der Waals surface area contributed by atoms with E-state index in [1.54, 1.807) is 9.80 Å². The van der Waals surface area contributed by atoms with Gasteiger partial charge in [0.2, 0.25) is 0 Å². The number of benzene rings is 1. The quantitative estimate of drug-likeness (QED) is 0.755. The number of ether oxygens (including phenoxy) is 1. The third kappa shape index (κ3) is 4.03. The fraction of sp³-hybridized carbons (Fsp3) is 0.474. The summed E-state index contributed by atoms with van der Waals surface area (Å²) in [6.45, 7) is 8.92. The number of carbonyl (C=O) groups is 2. The van der Waals surface area contributed by atoms with Gasteiger partial charge in [-0.1, -0.05) is 15.9 Å². The van der Waals surface area contributed by atoms with Crippen LogP contribution in [0.2, 0.25) is 0 Å². The molecule has 26 heavy (non-hydrogen) atoms. The number of hydrogen-bond donors (Lipinski definition) is 1. The molecule has 7 heteroatoms. The second kappa shape index (κ2) is 6.95. The van der Waals surface area contributed by atoms with Gasteiger partial charge in [-0.3, -0.25) is 4.79 Å². The predicted molar refractivity (Wildman–Crippen MR) is 104 cm³/mol. The highest BCUT2D eigenvalue weighted by Crippen LogP contribution is 2.23. The van der Waals surface area contributed by atoms with Crippen molar-refractivity contribution in [3.8, 4) is 0 Å². The predicted octanol–water partition coefficient (Wildman–Crippen LogP) is 4.01. The number of halogens is 1. The van der Waals surface area contributed by atoms with Crippen molar-refractivity contribution >= 4 is 38.8 Å². The Morgan fingerprint density at radius 3 is 2.62 bits per heavy atom. The van der Waals surface area contributed by atoms with Crippen LogP contribution >= 0.6 is 15.9 Å². The Bertz CT molecular complexity index is 840. The van der Waals surface area contributed by atoms with Crippen LogP contribution in [0.15, 0.2) is 28.7 Å². The van der Waals surface area contributed by atoms with E-state index < -0.39 is 5.60 Å². The van der Waals surface area contributed by atoms with Gasteiger partial charge in [0.25, 0.3) is 5.91 Å². The Labute approximate surface area is 161 Å². The number of nitrogens with zero attached hydrogens (tertiary/aromatic N) is 2. The molecule has 0 saturated carbocycles. The van der Waals surface area contributed by atoms with E-state index in [0.717, 1.165) is 15.4 Å². The first-order valence-electron chi connectivity index (χ1n) is 8.71. The summed E-state index contributed by atoms with van der Waals surface area (Å²) in [5, 5.41) is 0.989. The summed E-state index contributed by atoms with van der Waals surface area (Å²) in [4.78, 5) is 31.8. The first-order valence-corrected chi connectivity index (χ1v) is 9.50. The number of amides is 2. The Morgan fingerprint density at radius 1 is 1.23 bits per heavy atom. The molecule has 1 atom stereocenters. The Hall–Kier alpha value is -2.02. The van der Waals surface area contributed by atoms with E-state index in [-0.39, 0.29) is 18.0 Å². The van der Waals surface area contributed by atoms with Gasteiger partial charge in [0.05, 0.1) is 0 Å². The number of carbonyl (C=O) groups excluding carboxylic acids is 2. The van der Waals surface area contributed by atoms with Crippen molar-refractivity contribution in [2.45, 2.75) is 39.3 Å². The van der Waals surface area contributed by atoms with Crippen molar-refractivity contribution in [3.63, 3.8) is 0 Å². The molecule has 2 aromatic rings. The number of rotatable bonds is 1. The largest absolute Gasteiger partial charge is 0.444 e. The van der Waals surface area contributed by atoms with Crippen LogP contribution in [0.4, 0.5) is 4.79 Å². The number of aromatic nitrogens is 1. The summed E-state index contributed by atoms with van der Waals surface area (Å²) in [6.07, 6.45) is -0.327. The molecule has 1 aromatic heterocycles. The average molecular weight is 422 g/mol. The summed E-state index contributed by atoms with van der Waals surface area (Å²) < 4.78 is 6.40. The number of aromatic amines is 1. The first-order chi connectivity index (χ1) is 12.1. The standard InChI is InChI=1S/C19H24BrN3O3/c1-12-11-22(18(25)26-19(2,3)4)7-8-23(12)17(24)16-10-13-9-14(20)5-6-15(13)21-16/h5-6,9-10,12,21H,7-8,11H2,1-4H3/t12-/m1/s1. The maximum Gasteiger partial charge on any atom is 0.410 e. The molecule has 2 amide bonds. The van der Waals surface area contributed by atoms with E-state index in [4.69, 9.17) is 4.74 Å². The lowest BCUT2D eigenvalue weighted by molar-refractivity contribution is 0.00608. The molecule has 0 spiro atoms. The lowest BCUT2D eigenvalue weighted by Gasteiger charge is -2.40. The summed E-state index contributed by atoms with van der Waals surface area (Å²) >= 11 is 3.45. The number of fused-ring (bicyclic) bond motifs is 1. The van der Waals surface area contributed by atoms with Crippen LogP contribution in [0.25, 0.3) is 10.9 Å². The maximum absolute atomic E-state index is 12.9. The minimum Gasteiger partial charge on any atom is -0.444 e. The van der Waals surface area contributed by atoms with Crippen molar-refractivity contribution < 1.29 is 14.3 Å². The topological polar surface area (TPSA) is 65.6 Å². The van der Waals surface area contributed by atoms with E-state index in [1.807, 2.05) is 52.0 Å². The molecule has 6 nitrogen and oxygen atoms in total. The summed E-state index contributed by atoms with van der Waals surface area (Å²) in [5.74, 6) is -0.0475. The van der Waals surface area contributed by atoms with Gasteiger partial charge in [0.15, 0.2) is 0 Å². The molecule has 0 aliphatic carbocycles. The van der Waals surface area contributed by atoms with Crippen LogP contribution in [0.1, 0.15) is 38.2 Å². The zero-order chi connectivity index (χ0) is 19.1. The minimum atomic E-state index is -0.522. The Balaban J connectivity index is 1.70. The molecule has 1 N–H and O–H groups in total. The second-order valence-corrected chi connectivity index (χ2v) is 8.60. The number of H-pyrrole nitrogens is 1. The molecule has 1 aromatic carbocycles. The summed E-state index contributed by atoms with van der Waals surface area (Å²) in [6, 6.07) is 7.65. The Morgan fingerprint density at radius 2 is 1.96 bits per heavy atom. The fourth-order valence-electron chi connectivity index (χ4n) is 3.13. The fourth-order valence-corrected chi connectivity index (χ4v) is 3.50. The number of hydrogen-bond acceptors (Lipinski definition) is 3. The monoisotopic (exact) mass is 421 g/mol. The molecule has 0 radical (unpaired) electrons. The second-order valence-electron chi connectivity index (χ2n) is 7.69. The molecule has 1 aliphatic heterocycles. The van der Waals surface area contributed by atoms with Gasteiger partial charge in [-0.15, -0.1) is 0 Å². The van der Waals surface area contributed by atoms with Crippen molar-refractivity contribution in [1.29, 1.82) is 0 Å². The van der Waals surface area contributed by atoms with Gasteiger partial charge in [0, 0.05) is 41.1 Å². The molecule has 2 heterocycles. The highest BCUT2D eigenvalue weighted by Gasteiger charge is 2.32.